The Labute approximate surface area is 152 Å². The van der Waals surface area contributed by atoms with E-state index in [0.29, 0.717) is 0 Å². The van der Waals surface area contributed by atoms with E-state index in [4.69, 9.17) is 0 Å². The molecule has 0 bridgehead atoms. The Kier molecular flexibility index (Phi) is 6.07. The van der Waals surface area contributed by atoms with E-state index in [1.165, 1.54) is 70.0 Å². The normalized spacial score (nSPS) is 12.9. The molecule has 1 atom stereocenters. The molecule has 0 radical (unpaired) electrons. The average molecular weight is 359 g/mol. The van der Waals surface area contributed by atoms with Crippen LogP contribution in [-0.2, 0) is 6.42 Å². The molecule has 1 nitrogen and oxygen atoms in total. The number of unbranched alkanes of at least 4 members (excludes halogenated alkanes) is 2. The van der Waals surface area contributed by atoms with Crippen LogP contribution in [0.4, 0.5) is 0 Å². The quantitative estimate of drug-likeness (QED) is 0.286. The molecule has 0 saturated carbocycles. The zero-order valence-corrected chi connectivity index (χ0v) is 16.3. The third-order valence-electron chi connectivity index (χ3n) is 4.78. The fourth-order valence-electron chi connectivity index (χ4n) is 3.57. The molecule has 0 fully saturated rings. The van der Waals surface area contributed by atoms with Gasteiger partial charge in [-0.15, -0.1) is 22.7 Å². The van der Waals surface area contributed by atoms with Gasteiger partial charge in [-0.2, -0.15) is 0 Å². The molecule has 0 aliphatic heterocycles. The highest BCUT2D eigenvalue weighted by molar-refractivity contribution is 7.33. The first-order chi connectivity index (χ1) is 11.7. The summed E-state index contributed by atoms with van der Waals surface area (Å²) in [6.45, 7) is 4.58. The first-order valence-corrected chi connectivity index (χ1v) is 10.8. The van der Waals surface area contributed by atoms with Crippen LogP contribution in [0, 0.1) is 5.92 Å². The summed E-state index contributed by atoms with van der Waals surface area (Å²) in [5, 5.41) is 1.31. The van der Waals surface area contributed by atoms with Crippen molar-refractivity contribution in [3.05, 3.63) is 34.7 Å². The number of thiophene rings is 2. The standard InChI is InChI=1S/C21H26OS2/c1-3-5-6-8-15(7-4-2)11-16-9-10-18-19(12-16)24-20-13-17(14-22)23-21(18)20/h9-10,12-15H,3-8,11H2,1-2H3. The lowest BCUT2D eigenvalue weighted by atomic mass is 9.90. The second-order valence-electron chi connectivity index (χ2n) is 6.75. The molecule has 0 aliphatic rings. The number of hydrogen-bond acceptors (Lipinski definition) is 3. The third kappa shape index (κ3) is 3.89. The zero-order chi connectivity index (χ0) is 16.9. The van der Waals surface area contributed by atoms with Crippen LogP contribution in [0.2, 0.25) is 0 Å². The van der Waals surface area contributed by atoms with Crippen molar-refractivity contribution in [1.29, 1.82) is 0 Å². The maximum atomic E-state index is 11.0. The van der Waals surface area contributed by atoms with Gasteiger partial charge in [-0.25, -0.2) is 0 Å². The number of rotatable bonds is 9. The SMILES string of the molecule is CCCCCC(CCC)Cc1ccc2c(c1)sc1cc(C=O)sc12. The highest BCUT2D eigenvalue weighted by atomic mass is 32.1. The van der Waals surface area contributed by atoms with Crippen LogP contribution in [0.3, 0.4) is 0 Å². The molecule has 0 N–H and O–H groups in total. The van der Waals surface area contributed by atoms with Crippen molar-refractivity contribution in [3.8, 4) is 0 Å². The fraction of sp³-hybridized carbons (Fsp3) is 0.476. The Morgan fingerprint density at radius 3 is 2.62 bits per heavy atom. The molecule has 3 aromatic rings. The van der Waals surface area contributed by atoms with Crippen molar-refractivity contribution in [3.63, 3.8) is 0 Å². The van der Waals surface area contributed by atoms with E-state index >= 15 is 0 Å². The van der Waals surface area contributed by atoms with Crippen LogP contribution in [0.25, 0.3) is 19.5 Å². The summed E-state index contributed by atoms with van der Waals surface area (Å²) >= 11 is 3.44. The summed E-state index contributed by atoms with van der Waals surface area (Å²) in [6.07, 6.45) is 10.2. The van der Waals surface area contributed by atoms with E-state index in [0.717, 1.165) is 17.1 Å². The van der Waals surface area contributed by atoms with Gasteiger partial charge in [0.2, 0.25) is 0 Å². The minimum absolute atomic E-state index is 0.821. The molecule has 0 saturated heterocycles. The Hall–Kier alpha value is -1.19. The largest absolute Gasteiger partial charge is 0.297 e. The van der Waals surface area contributed by atoms with Crippen molar-refractivity contribution in [2.24, 2.45) is 5.92 Å². The van der Waals surface area contributed by atoms with Gasteiger partial charge in [0.05, 0.1) is 9.58 Å². The van der Waals surface area contributed by atoms with Gasteiger partial charge >= 0.3 is 0 Å². The van der Waals surface area contributed by atoms with Crippen LogP contribution in [-0.4, -0.2) is 6.29 Å². The lowest BCUT2D eigenvalue weighted by Gasteiger charge is -2.16. The predicted molar refractivity (Wildman–Crippen MR) is 109 cm³/mol. The molecule has 1 unspecified atom stereocenters. The van der Waals surface area contributed by atoms with Crippen LogP contribution < -0.4 is 0 Å². The fourth-order valence-corrected chi connectivity index (χ4v) is 5.98. The van der Waals surface area contributed by atoms with Crippen LogP contribution in [0.15, 0.2) is 24.3 Å². The summed E-state index contributed by atoms with van der Waals surface area (Å²) in [4.78, 5) is 11.8. The van der Waals surface area contributed by atoms with Crippen molar-refractivity contribution >= 4 is 48.4 Å². The van der Waals surface area contributed by atoms with Gasteiger partial charge < -0.3 is 0 Å². The highest BCUT2D eigenvalue weighted by Crippen LogP contribution is 2.39. The summed E-state index contributed by atoms with van der Waals surface area (Å²) in [7, 11) is 0. The van der Waals surface area contributed by atoms with E-state index in [-0.39, 0.29) is 0 Å². The molecule has 2 heterocycles. The van der Waals surface area contributed by atoms with Gasteiger partial charge in [0.1, 0.15) is 0 Å². The molecule has 0 amide bonds. The van der Waals surface area contributed by atoms with Crippen molar-refractivity contribution in [2.75, 3.05) is 0 Å². The number of fused-ring (bicyclic) bond motifs is 3. The average Bonchev–Trinajstić information content (AvgIpc) is 3.12. The number of carbonyl (C=O) groups excluding carboxylic acids is 1. The number of carbonyl (C=O) groups is 1. The summed E-state index contributed by atoms with van der Waals surface area (Å²) in [6, 6.07) is 8.98. The van der Waals surface area contributed by atoms with Gasteiger partial charge in [0.25, 0.3) is 0 Å². The lowest BCUT2D eigenvalue weighted by Crippen LogP contribution is -2.04. The van der Waals surface area contributed by atoms with Gasteiger partial charge in [-0.3, -0.25) is 4.79 Å². The van der Waals surface area contributed by atoms with Gasteiger partial charge in [0, 0.05) is 14.8 Å². The Balaban J connectivity index is 1.79. The second-order valence-corrected chi connectivity index (χ2v) is 8.91. The molecule has 2 aromatic heterocycles. The number of aldehydes is 1. The third-order valence-corrected chi connectivity index (χ3v) is 7.10. The molecule has 3 heteroatoms. The first kappa shape index (κ1) is 17.6. The van der Waals surface area contributed by atoms with E-state index in [1.54, 1.807) is 11.3 Å². The van der Waals surface area contributed by atoms with Crippen LogP contribution in [0.5, 0.6) is 0 Å². The van der Waals surface area contributed by atoms with Crippen LogP contribution in [0.1, 0.15) is 67.6 Å². The first-order valence-electron chi connectivity index (χ1n) is 9.15. The molecule has 1 aromatic carbocycles. The van der Waals surface area contributed by atoms with E-state index in [9.17, 15) is 4.79 Å². The van der Waals surface area contributed by atoms with Gasteiger partial charge in [0.15, 0.2) is 6.29 Å². The minimum atomic E-state index is 0.821. The lowest BCUT2D eigenvalue weighted by molar-refractivity contribution is 0.112. The highest BCUT2D eigenvalue weighted by Gasteiger charge is 2.12. The maximum Gasteiger partial charge on any atom is 0.160 e. The summed E-state index contributed by atoms with van der Waals surface area (Å²) in [5.41, 5.74) is 1.47. The Morgan fingerprint density at radius 1 is 1.00 bits per heavy atom. The Bertz CT molecular complexity index is 812. The number of benzene rings is 1. The summed E-state index contributed by atoms with van der Waals surface area (Å²) in [5.74, 6) is 0.821. The molecular weight excluding hydrogens is 332 g/mol. The summed E-state index contributed by atoms with van der Waals surface area (Å²) < 4.78 is 3.90. The minimum Gasteiger partial charge on any atom is -0.297 e. The molecule has 24 heavy (non-hydrogen) atoms. The zero-order valence-electron chi connectivity index (χ0n) is 14.6. The van der Waals surface area contributed by atoms with Crippen molar-refractivity contribution in [1.82, 2.24) is 0 Å². The molecule has 0 spiro atoms. The Morgan fingerprint density at radius 2 is 1.88 bits per heavy atom. The van der Waals surface area contributed by atoms with E-state index < -0.39 is 0 Å². The van der Waals surface area contributed by atoms with Gasteiger partial charge in [-0.05, 0) is 30.0 Å². The van der Waals surface area contributed by atoms with Crippen molar-refractivity contribution in [2.45, 2.75) is 58.8 Å². The smallest absolute Gasteiger partial charge is 0.160 e. The van der Waals surface area contributed by atoms with Gasteiger partial charge in [-0.1, -0.05) is 64.5 Å². The van der Waals surface area contributed by atoms with E-state index in [2.05, 4.69) is 32.0 Å². The molecule has 128 valence electrons. The van der Waals surface area contributed by atoms with Crippen LogP contribution >= 0.6 is 22.7 Å². The molecular formula is C21H26OS2. The monoisotopic (exact) mass is 358 g/mol. The topological polar surface area (TPSA) is 17.1 Å². The van der Waals surface area contributed by atoms with E-state index in [1.807, 2.05) is 17.4 Å². The second kappa shape index (κ2) is 8.26. The van der Waals surface area contributed by atoms with Crippen molar-refractivity contribution < 1.29 is 4.79 Å². The predicted octanol–water partition coefficient (Wildman–Crippen LogP) is 7.47. The number of hydrogen-bond donors (Lipinski definition) is 0. The maximum absolute atomic E-state index is 11.0. The molecule has 3 rings (SSSR count). The molecule has 0 aliphatic carbocycles.